The van der Waals surface area contributed by atoms with Crippen LogP contribution in [0.1, 0.15) is 99.3 Å². The first kappa shape index (κ1) is 50.5. The van der Waals surface area contributed by atoms with Crippen molar-refractivity contribution in [1.29, 1.82) is 0 Å². The molecule has 0 aliphatic carbocycles. The average molecular weight is 869 g/mol. The smallest absolute Gasteiger partial charge is 0.0918 e. The van der Waals surface area contributed by atoms with Gasteiger partial charge in [-0.1, -0.05) is 121 Å². The number of likely N-dealkylation sites (tertiary alicyclic amines) is 4. The zero-order chi connectivity index (χ0) is 45.1. The first-order valence-electron chi connectivity index (χ1n) is 24.3. The van der Waals surface area contributed by atoms with Crippen LogP contribution in [-0.4, -0.2) is 70.9 Å². The minimum atomic E-state index is -0.102. The van der Waals surface area contributed by atoms with E-state index in [-0.39, 0.29) is 18.6 Å². The Kier molecular flexibility index (Phi) is 21.9. The highest BCUT2D eigenvalue weighted by Gasteiger charge is 2.21. The lowest BCUT2D eigenvalue weighted by Gasteiger charge is -2.33. The van der Waals surface area contributed by atoms with Gasteiger partial charge in [0.2, 0.25) is 0 Å². The van der Waals surface area contributed by atoms with Crippen molar-refractivity contribution >= 4 is 0 Å². The molecule has 4 aliphatic rings. The van der Waals surface area contributed by atoms with Crippen molar-refractivity contribution in [2.75, 3.05) is 52.4 Å². The van der Waals surface area contributed by atoms with Gasteiger partial charge in [0.1, 0.15) is 0 Å². The molecule has 4 heterocycles. The molecule has 0 radical (unpaired) electrons. The van der Waals surface area contributed by atoms with Crippen molar-refractivity contribution in [3.05, 3.63) is 214 Å². The molecular formula is C56H76N4O4. The largest absolute Gasteiger partial charge is 0.628 e. The van der Waals surface area contributed by atoms with Gasteiger partial charge in [-0.2, -0.15) is 0 Å². The van der Waals surface area contributed by atoms with E-state index in [0.717, 1.165) is 155 Å². The van der Waals surface area contributed by atoms with Crippen LogP contribution < -0.4 is 0 Å². The number of benzene rings is 4. The van der Waals surface area contributed by atoms with E-state index < -0.39 is 0 Å². The molecule has 4 aromatic rings. The van der Waals surface area contributed by atoms with Crippen molar-refractivity contribution in [2.24, 2.45) is 0 Å². The molecule has 0 atom stereocenters. The van der Waals surface area contributed by atoms with Crippen LogP contribution in [0.4, 0.5) is 0 Å². The number of hydroxylamine groups is 12. The van der Waals surface area contributed by atoms with Crippen molar-refractivity contribution < 1.29 is 18.6 Å². The molecule has 8 nitrogen and oxygen atoms in total. The van der Waals surface area contributed by atoms with E-state index in [1.54, 1.807) is 0 Å². The summed E-state index contributed by atoms with van der Waals surface area (Å²) in [7, 11) is 0. The van der Waals surface area contributed by atoms with Crippen LogP contribution in [0.2, 0.25) is 0 Å². The Balaban J connectivity index is 0.000000161. The highest BCUT2D eigenvalue weighted by molar-refractivity contribution is 5.17. The van der Waals surface area contributed by atoms with E-state index >= 15 is 0 Å². The summed E-state index contributed by atoms with van der Waals surface area (Å²) in [6.45, 7) is 6.13. The van der Waals surface area contributed by atoms with Gasteiger partial charge < -0.3 is 39.4 Å². The second-order valence-corrected chi connectivity index (χ2v) is 18.1. The minimum absolute atomic E-state index is 0.102. The Morgan fingerprint density at radius 3 is 0.625 bits per heavy atom. The molecule has 0 bridgehead atoms. The summed E-state index contributed by atoms with van der Waals surface area (Å²) in [5.41, 5.74) is 5.36. The highest BCUT2D eigenvalue weighted by atomic mass is 16.6. The maximum Gasteiger partial charge on any atom is 0.0918 e. The highest BCUT2D eigenvalue weighted by Crippen LogP contribution is 2.21. The first-order chi connectivity index (χ1) is 31.1. The van der Waals surface area contributed by atoms with Crippen LogP contribution in [0, 0.1) is 20.8 Å². The number of rotatable bonds is 16. The Morgan fingerprint density at radius 1 is 0.281 bits per heavy atom. The molecule has 8 heteroatoms. The number of aryl methyl sites for hydroxylation is 4. The van der Waals surface area contributed by atoms with Crippen LogP contribution >= 0.6 is 0 Å². The summed E-state index contributed by atoms with van der Waals surface area (Å²) in [5.74, 6) is 0. The fraction of sp³-hybridized carbons (Fsp3) is 0.429. The van der Waals surface area contributed by atoms with Gasteiger partial charge in [0.15, 0.2) is 0 Å². The van der Waals surface area contributed by atoms with Gasteiger partial charge in [0.05, 0.1) is 77.2 Å². The predicted octanol–water partition coefficient (Wildman–Crippen LogP) is 13.0. The molecule has 64 heavy (non-hydrogen) atoms. The minimum Gasteiger partial charge on any atom is -0.628 e. The normalized spacial score (nSPS) is 19.3. The summed E-state index contributed by atoms with van der Waals surface area (Å²) in [5, 5.41) is 47.9. The second-order valence-electron chi connectivity index (χ2n) is 18.1. The molecule has 4 aliphatic heterocycles. The summed E-state index contributed by atoms with van der Waals surface area (Å²) in [4.78, 5) is 0. The molecule has 344 valence electrons. The molecule has 0 spiro atoms. The number of quaternary nitrogens is 4. The summed E-state index contributed by atoms with van der Waals surface area (Å²) >= 11 is 0. The van der Waals surface area contributed by atoms with Crippen molar-refractivity contribution in [3.63, 3.8) is 0 Å². The zero-order valence-electron chi connectivity index (χ0n) is 38.6. The molecule has 0 saturated carbocycles. The van der Waals surface area contributed by atoms with Crippen LogP contribution in [0.5, 0.6) is 0 Å². The summed E-state index contributed by atoms with van der Waals surface area (Å²) < 4.78 is -0.410. The molecule has 0 unspecified atom stereocenters. The lowest BCUT2D eigenvalue weighted by molar-refractivity contribution is -0.815. The van der Waals surface area contributed by atoms with Crippen molar-refractivity contribution in [2.45, 2.75) is 103 Å². The summed E-state index contributed by atoms with van der Waals surface area (Å²) in [6, 6.07) is 41.6. The van der Waals surface area contributed by atoms with E-state index in [1.165, 1.54) is 22.3 Å². The Hall–Kier alpha value is -4.48. The number of hydrogen-bond acceptors (Lipinski definition) is 4. The van der Waals surface area contributed by atoms with Gasteiger partial charge in [-0.25, -0.2) is 0 Å². The average Bonchev–Trinajstić information content (AvgIpc) is 4.17. The van der Waals surface area contributed by atoms with Crippen molar-refractivity contribution in [3.8, 4) is 0 Å². The summed E-state index contributed by atoms with van der Waals surface area (Å²) in [6.07, 6.45) is 32.1. The van der Waals surface area contributed by atoms with Gasteiger partial charge in [0.25, 0.3) is 0 Å². The first-order valence-corrected chi connectivity index (χ1v) is 24.3. The maximum absolute atomic E-state index is 12.0. The Labute approximate surface area is 385 Å². The molecule has 4 saturated heterocycles. The molecule has 0 amide bonds. The van der Waals surface area contributed by atoms with Crippen molar-refractivity contribution in [1.82, 2.24) is 0 Å². The van der Waals surface area contributed by atoms with E-state index in [4.69, 9.17) is 0 Å². The zero-order valence-corrected chi connectivity index (χ0v) is 38.6. The van der Waals surface area contributed by atoms with Crippen LogP contribution in [0.15, 0.2) is 170 Å². The molecular weight excluding hydrogens is 793 g/mol. The number of hydrogen-bond donors (Lipinski definition) is 0. The van der Waals surface area contributed by atoms with E-state index in [1.807, 2.05) is 73.4 Å². The van der Waals surface area contributed by atoms with Crippen LogP contribution in [0.3, 0.4) is 0 Å². The second kappa shape index (κ2) is 27.8. The fourth-order valence-corrected chi connectivity index (χ4v) is 8.72. The molecule has 0 aromatic heterocycles. The molecule has 0 N–H and O–H groups in total. The van der Waals surface area contributed by atoms with Gasteiger partial charge >= 0.3 is 0 Å². The van der Waals surface area contributed by atoms with E-state index in [2.05, 4.69) is 97.1 Å². The van der Waals surface area contributed by atoms with E-state index in [0.29, 0.717) is 0 Å². The number of nitrogens with zero attached hydrogens (tertiary/aromatic N) is 4. The monoisotopic (exact) mass is 869 g/mol. The van der Waals surface area contributed by atoms with Crippen LogP contribution in [-0.2, 0) is 25.7 Å². The van der Waals surface area contributed by atoms with E-state index in [9.17, 15) is 20.8 Å². The Morgan fingerprint density at radius 2 is 0.453 bits per heavy atom. The van der Waals surface area contributed by atoms with Gasteiger partial charge in [-0.15, -0.1) is 0 Å². The number of allylic oxidation sites excluding steroid dienone is 4. The molecule has 8 rings (SSSR count). The standard InChI is InChI=1S/4C14H19NO/c4*16-15(12-6-7-13-15)11-5-4-10-14-8-2-1-3-9-14/h4*1-3,5,8-9,11H,4,6-7,10,12-13H2/b4*11-5+. The van der Waals surface area contributed by atoms with Crippen LogP contribution in [0.25, 0.3) is 0 Å². The SMILES string of the molecule is [O-][N+]1(/C=C/CCc2ccccc2)CCCC1.[O-][N+]1(/C=C/CCc2ccccc2)CCCC1.[O-][N+]1(/C=C/CCc2ccccc2)CCCC1.[O-][N+]1(/C=C/CCc2ccccc2)CCCC1. The quantitative estimate of drug-likeness (QED) is 0.0828. The fourth-order valence-electron chi connectivity index (χ4n) is 8.72. The third-order valence-corrected chi connectivity index (χ3v) is 12.6. The van der Waals surface area contributed by atoms with Gasteiger partial charge in [-0.3, -0.25) is 0 Å². The predicted molar refractivity (Wildman–Crippen MR) is 266 cm³/mol. The third kappa shape index (κ3) is 20.1. The molecule has 4 fully saturated rings. The Bertz CT molecular complexity index is 1640. The molecule has 4 aromatic carbocycles. The lowest BCUT2D eigenvalue weighted by atomic mass is 10.1. The third-order valence-electron chi connectivity index (χ3n) is 12.6. The lowest BCUT2D eigenvalue weighted by Crippen LogP contribution is -2.31. The van der Waals surface area contributed by atoms with Gasteiger partial charge in [-0.05, 0) is 97.9 Å². The topological polar surface area (TPSA) is 92.2 Å². The van der Waals surface area contributed by atoms with Gasteiger partial charge in [0, 0.05) is 51.4 Å². The maximum atomic E-state index is 12.0.